The number of piperazine rings is 1. The highest BCUT2D eigenvalue weighted by atomic mass is 32.1. The van der Waals surface area contributed by atoms with Gasteiger partial charge in [0.1, 0.15) is 5.01 Å². The molecule has 0 radical (unpaired) electrons. The van der Waals surface area contributed by atoms with E-state index in [0.29, 0.717) is 24.6 Å². The summed E-state index contributed by atoms with van der Waals surface area (Å²) in [7, 11) is 0. The summed E-state index contributed by atoms with van der Waals surface area (Å²) in [6.07, 6.45) is 0.890. The molecular weight excluding hydrogens is 410 g/mol. The maximum absolute atomic E-state index is 12.6. The van der Waals surface area contributed by atoms with E-state index < -0.39 is 0 Å². The Labute approximate surface area is 187 Å². The number of aromatic nitrogens is 3. The van der Waals surface area contributed by atoms with Crippen LogP contribution in [0.15, 0.2) is 40.2 Å². The van der Waals surface area contributed by atoms with E-state index in [9.17, 15) is 4.79 Å². The molecule has 31 heavy (non-hydrogen) atoms. The predicted octanol–water partition coefficient (Wildman–Crippen LogP) is 3.77. The fourth-order valence-corrected chi connectivity index (χ4v) is 4.33. The van der Waals surface area contributed by atoms with Gasteiger partial charge in [0, 0.05) is 61.9 Å². The second kappa shape index (κ2) is 9.28. The Hall–Kier alpha value is -2.58. The smallest absolute Gasteiger partial charge is 0.227 e. The summed E-state index contributed by atoms with van der Waals surface area (Å²) in [6, 6.07) is 10.3. The highest BCUT2D eigenvalue weighted by molar-refractivity contribution is 7.13. The van der Waals surface area contributed by atoms with Crippen molar-refractivity contribution in [1.29, 1.82) is 0 Å². The maximum Gasteiger partial charge on any atom is 0.227 e. The topological polar surface area (TPSA) is 75.4 Å². The van der Waals surface area contributed by atoms with E-state index in [1.54, 1.807) is 11.3 Å². The van der Waals surface area contributed by atoms with Gasteiger partial charge in [0.05, 0.1) is 5.69 Å². The first-order valence-electron chi connectivity index (χ1n) is 10.7. The van der Waals surface area contributed by atoms with Gasteiger partial charge in [-0.15, -0.1) is 11.3 Å². The van der Waals surface area contributed by atoms with Gasteiger partial charge in [-0.1, -0.05) is 56.3 Å². The fraction of sp³-hybridized carbons (Fsp3) is 0.478. The first kappa shape index (κ1) is 21.6. The summed E-state index contributed by atoms with van der Waals surface area (Å²) >= 11 is 1.68. The van der Waals surface area contributed by atoms with Crippen molar-refractivity contribution >= 4 is 17.2 Å². The molecule has 0 aliphatic carbocycles. The Kier molecular flexibility index (Phi) is 6.48. The third-order valence-electron chi connectivity index (χ3n) is 5.37. The molecule has 1 fully saturated rings. The molecular formula is C23H29N5O2S. The molecule has 7 nitrogen and oxygen atoms in total. The van der Waals surface area contributed by atoms with Crippen LogP contribution in [0.25, 0.3) is 10.6 Å². The van der Waals surface area contributed by atoms with E-state index in [4.69, 9.17) is 9.51 Å². The lowest BCUT2D eigenvalue weighted by molar-refractivity contribution is -0.133. The van der Waals surface area contributed by atoms with Crippen LogP contribution < -0.4 is 0 Å². The lowest BCUT2D eigenvalue weighted by Crippen LogP contribution is -2.48. The minimum atomic E-state index is -0.152. The first-order chi connectivity index (χ1) is 14.9. The number of rotatable bonds is 6. The standard InChI is InChI=1S/C23H29N5O2S/c1-23(2,3)22-25-19(30-26-22)9-10-20(29)28-13-11-27(12-14-28)15-18-16-31-21(24-18)17-7-5-4-6-8-17/h4-8,16H,9-15H2,1-3H3. The van der Waals surface area contributed by atoms with Crippen LogP contribution in [0, 0.1) is 0 Å². The van der Waals surface area contributed by atoms with Crippen LogP contribution in [-0.4, -0.2) is 57.0 Å². The number of hydrogen-bond donors (Lipinski definition) is 0. The van der Waals surface area contributed by atoms with Gasteiger partial charge in [-0.05, 0) is 0 Å². The van der Waals surface area contributed by atoms with Crippen LogP contribution in [0.1, 0.15) is 44.6 Å². The van der Waals surface area contributed by atoms with Crippen LogP contribution in [0.2, 0.25) is 0 Å². The van der Waals surface area contributed by atoms with Gasteiger partial charge >= 0.3 is 0 Å². The summed E-state index contributed by atoms with van der Waals surface area (Å²) in [5.41, 5.74) is 2.10. The Bertz CT molecular complexity index is 1000. The number of aryl methyl sites for hydroxylation is 1. The second-order valence-electron chi connectivity index (χ2n) is 8.93. The molecule has 1 aliphatic heterocycles. The number of benzene rings is 1. The van der Waals surface area contributed by atoms with Crippen LogP contribution in [0.4, 0.5) is 0 Å². The summed E-state index contributed by atoms with van der Waals surface area (Å²) in [4.78, 5) is 26.1. The molecule has 1 amide bonds. The van der Waals surface area contributed by atoms with Crippen molar-refractivity contribution < 1.29 is 9.32 Å². The monoisotopic (exact) mass is 439 g/mol. The van der Waals surface area contributed by atoms with Crippen molar-refractivity contribution in [1.82, 2.24) is 24.9 Å². The number of thiazole rings is 1. The second-order valence-corrected chi connectivity index (χ2v) is 9.79. The molecule has 1 aromatic carbocycles. The summed E-state index contributed by atoms with van der Waals surface area (Å²) in [5.74, 6) is 1.37. The molecule has 2 aromatic heterocycles. The van der Waals surface area contributed by atoms with Crippen molar-refractivity contribution in [3.8, 4) is 10.6 Å². The molecule has 3 aromatic rings. The van der Waals surface area contributed by atoms with E-state index in [0.717, 1.165) is 49.0 Å². The lowest BCUT2D eigenvalue weighted by Gasteiger charge is -2.34. The van der Waals surface area contributed by atoms with Gasteiger partial charge in [0.25, 0.3) is 0 Å². The van der Waals surface area contributed by atoms with Crippen molar-refractivity contribution in [2.45, 2.75) is 45.6 Å². The zero-order chi connectivity index (χ0) is 21.8. The Morgan fingerprint density at radius 1 is 1.10 bits per heavy atom. The summed E-state index contributed by atoms with van der Waals surface area (Å²) in [6.45, 7) is 10.2. The van der Waals surface area contributed by atoms with E-state index in [2.05, 4.69) is 32.6 Å². The molecule has 0 saturated carbocycles. The first-order valence-corrected chi connectivity index (χ1v) is 11.6. The van der Waals surface area contributed by atoms with Crippen molar-refractivity contribution in [3.05, 3.63) is 53.1 Å². The maximum atomic E-state index is 12.6. The Morgan fingerprint density at radius 2 is 1.84 bits per heavy atom. The van der Waals surface area contributed by atoms with Gasteiger partial charge in [-0.2, -0.15) is 4.98 Å². The van der Waals surface area contributed by atoms with Crippen LogP contribution in [-0.2, 0) is 23.2 Å². The predicted molar refractivity (Wildman–Crippen MR) is 121 cm³/mol. The number of carbonyl (C=O) groups is 1. The molecule has 0 atom stereocenters. The van der Waals surface area contributed by atoms with E-state index in [1.165, 1.54) is 0 Å². The van der Waals surface area contributed by atoms with Gasteiger partial charge in [-0.25, -0.2) is 4.98 Å². The Morgan fingerprint density at radius 3 is 2.52 bits per heavy atom. The minimum Gasteiger partial charge on any atom is -0.340 e. The van der Waals surface area contributed by atoms with Crippen molar-refractivity contribution in [2.24, 2.45) is 0 Å². The Balaban J connectivity index is 1.23. The quantitative estimate of drug-likeness (QED) is 0.582. The van der Waals surface area contributed by atoms with Crippen LogP contribution in [0.3, 0.4) is 0 Å². The van der Waals surface area contributed by atoms with Gasteiger partial charge in [-0.3, -0.25) is 9.69 Å². The van der Waals surface area contributed by atoms with Crippen molar-refractivity contribution in [3.63, 3.8) is 0 Å². The molecule has 0 N–H and O–H groups in total. The van der Waals surface area contributed by atoms with E-state index in [1.807, 2.05) is 43.9 Å². The molecule has 1 saturated heterocycles. The van der Waals surface area contributed by atoms with E-state index in [-0.39, 0.29) is 11.3 Å². The molecule has 3 heterocycles. The van der Waals surface area contributed by atoms with Crippen LogP contribution in [0.5, 0.6) is 0 Å². The third kappa shape index (κ3) is 5.57. The van der Waals surface area contributed by atoms with Crippen molar-refractivity contribution in [2.75, 3.05) is 26.2 Å². The van der Waals surface area contributed by atoms with Crippen LogP contribution >= 0.6 is 11.3 Å². The average molecular weight is 440 g/mol. The molecule has 0 spiro atoms. The summed E-state index contributed by atoms with van der Waals surface area (Å²) < 4.78 is 5.30. The number of amides is 1. The largest absolute Gasteiger partial charge is 0.340 e. The molecule has 164 valence electrons. The number of nitrogens with zero attached hydrogens (tertiary/aromatic N) is 5. The molecule has 0 bridgehead atoms. The summed E-state index contributed by atoms with van der Waals surface area (Å²) in [5, 5.41) is 7.22. The zero-order valence-corrected chi connectivity index (χ0v) is 19.2. The molecule has 4 rings (SSSR count). The number of hydrogen-bond acceptors (Lipinski definition) is 7. The SMILES string of the molecule is CC(C)(C)c1noc(CCC(=O)N2CCN(Cc3csc(-c4ccccc4)n3)CC2)n1. The van der Waals surface area contributed by atoms with Gasteiger partial charge in [0.2, 0.25) is 11.8 Å². The number of carbonyl (C=O) groups excluding carboxylic acids is 1. The molecule has 8 heteroatoms. The normalized spacial score (nSPS) is 15.4. The average Bonchev–Trinajstić information content (AvgIpc) is 3.43. The fourth-order valence-electron chi connectivity index (χ4n) is 3.51. The highest BCUT2D eigenvalue weighted by Crippen LogP contribution is 2.24. The molecule has 1 aliphatic rings. The third-order valence-corrected chi connectivity index (χ3v) is 6.31. The molecule has 0 unspecified atom stereocenters. The minimum absolute atomic E-state index is 0.148. The lowest BCUT2D eigenvalue weighted by atomic mass is 9.96. The highest BCUT2D eigenvalue weighted by Gasteiger charge is 2.24. The van der Waals surface area contributed by atoms with Gasteiger partial charge in [0.15, 0.2) is 5.82 Å². The van der Waals surface area contributed by atoms with E-state index >= 15 is 0 Å². The zero-order valence-electron chi connectivity index (χ0n) is 18.4. The van der Waals surface area contributed by atoms with Gasteiger partial charge < -0.3 is 9.42 Å².